The summed E-state index contributed by atoms with van der Waals surface area (Å²) >= 11 is 18.2. The van der Waals surface area contributed by atoms with Crippen molar-refractivity contribution >= 4 is 52.1 Å². The molecule has 29 heavy (non-hydrogen) atoms. The number of halogens is 3. The first-order valence-electron chi connectivity index (χ1n) is 8.82. The summed E-state index contributed by atoms with van der Waals surface area (Å²) in [6.45, 7) is 0.543. The van der Waals surface area contributed by atoms with Gasteiger partial charge in [-0.2, -0.15) is 0 Å². The summed E-state index contributed by atoms with van der Waals surface area (Å²) in [5.74, 6) is -0.242. The Labute approximate surface area is 183 Å². The van der Waals surface area contributed by atoms with E-state index in [1.165, 1.54) is 0 Å². The van der Waals surface area contributed by atoms with Crippen molar-refractivity contribution in [3.63, 3.8) is 0 Å². The summed E-state index contributed by atoms with van der Waals surface area (Å²) in [5.41, 5.74) is 3.44. The van der Waals surface area contributed by atoms with E-state index >= 15 is 0 Å². The topological polar surface area (TPSA) is 41.9 Å². The second kappa shape index (κ2) is 8.46. The van der Waals surface area contributed by atoms with Gasteiger partial charge in [0.1, 0.15) is 6.61 Å². The molecule has 0 saturated carbocycles. The van der Waals surface area contributed by atoms with Gasteiger partial charge in [-0.25, -0.2) is 0 Å². The predicted octanol–water partition coefficient (Wildman–Crippen LogP) is 6.11. The van der Waals surface area contributed by atoms with Crippen molar-refractivity contribution in [3.05, 3.63) is 98.5 Å². The van der Waals surface area contributed by atoms with Gasteiger partial charge in [0.05, 0.1) is 12.2 Å². The zero-order chi connectivity index (χ0) is 20.4. The molecule has 4 nitrogen and oxygen atoms in total. The third-order valence-corrected chi connectivity index (χ3v) is 5.38. The summed E-state index contributed by atoms with van der Waals surface area (Å²) < 4.78 is 0. The van der Waals surface area contributed by atoms with Crippen LogP contribution in [0.4, 0.5) is 5.69 Å². The van der Waals surface area contributed by atoms with E-state index in [4.69, 9.17) is 39.6 Å². The standard InChI is InChI=1S/C22H15Cl3N2O2/c23-16-8-5-14(6-9-16)13-29-26-21-18-3-1-2-4-20(18)27(22(21)28)12-15-7-10-17(24)11-19(15)25/h1-11H,12-13H2/b26-21-. The quantitative estimate of drug-likeness (QED) is 0.444. The minimum absolute atomic E-state index is 0.235. The van der Waals surface area contributed by atoms with Gasteiger partial charge in [-0.15, -0.1) is 0 Å². The highest BCUT2D eigenvalue weighted by atomic mass is 35.5. The lowest BCUT2D eigenvalue weighted by Crippen LogP contribution is -2.29. The molecule has 0 bridgehead atoms. The van der Waals surface area contributed by atoms with Gasteiger partial charge < -0.3 is 9.74 Å². The third-order valence-electron chi connectivity index (χ3n) is 4.54. The van der Waals surface area contributed by atoms with Gasteiger partial charge in [0.15, 0.2) is 5.71 Å². The van der Waals surface area contributed by atoms with Gasteiger partial charge in [0, 0.05) is 20.6 Å². The van der Waals surface area contributed by atoms with E-state index in [2.05, 4.69) is 5.16 Å². The fourth-order valence-electron chi connectivity index (χ4n) is 3.08. The van der Waals surface area contributed by atoms with Crippen LogP contribution in [-0.2, 0) is 22.8 Å². The number of rotatable bonds is 5. The summed E-state index contributed by atoms with van der Waals surface area (Å²) in [7, 11) is 0. The van der Waals surface area contributed by atoms with Crippen molar-refractivity contribution < 1.29 is 9.63 Å². The molecule has 0 unspecified atom stereocenters. The molecule has 0 saturated heterocycles. The highest BCUT2D eigenvalue weighted by Gasteiger charge is 2.34. The van der Waals surface area contributed by atoms with Crippen molar-refractivity contribution in [2.45, 2.75) is 13.2 Å². The van der Waals surface area contributed by atoms with E-state index in [9.17, 15) is 4.79 Å². The number of anilines is 1. The van der Waals surface area contributed by atoms with Gasteiger partial charge in [0.2, 0.25) is 0 Å². The Morgan fingerprint density at radius 3 is 2.38 bits per heavy atom. The van der Waals surface area contributed by atoms with Gasteiger partial charge >= 0.3 is 0 Å². The maximum absolute atomic E-state index is 13.1. The Balaban J connectivity index is 1.57. The van der Waals surface area contributed by atoms with Crippen molar-refractivity contribution in [1.82, 2.24) is 0 Å². The number of benzene rings is 3. The van der Waals surface area contributed by atoms with Gasteiger partial charge in [-0.3, -0.25) is 4.79 Å². The van der Waals surface area contributed by atoms with Gasteiger partial charge in [-0.1, -0.05) is 76.4 Å². The first kappa shape index (κ1) is 19.8. The molecule has 3 aromatic rings. The molecule has 0 fully saturated rings. The highest BCUT2D eigenvalue weighted by molar-refractivity contribution is 6.54. The van der Waals surface area contributed by atoms with E-state index < -0.39 is 0 Å². The average Bonchev–Trinajstić information content (AvgIpc) is 2.97. The van der Waals surface area contributed by atoms with E-state index in [-0.39, 0.29) is 18.2 Å². The summed E-state index contributed by atoms with van der Waals surface area (Å²) in [6.07, 6.45) is 0. The smallest absolute Gasteiger partial charge is 0.281 e. The number of hydrogen-bond acceptors (Lipinski definition) is 3. The molecular formula is C22H15Cl3N2O2. The second-order valence-corrected chi connectivity index (χ2v) is 7.76. The van der Waals surface area contributed by atoms with Crippen LogP contribution in [0.2, 0.25) is 15.1 Å². The maximum atomic E-state index is 13.1. The maximum Gasteiger partial charge on any atom is 0.281 e. The lowest BCUT2D eigenvalue weighted by molar-refractivity contribution is -0.112. The SMILES string of the molecule is O=C1/C(=N\OCc2ccc(Cl)cc2)c2ccccc2N1Cc1ccc(Cl)cc1Cl. The number of oxime groups is 1. The number of amides is 1. The lowest BCUT2D eigenvalue weighted by Gasteiger charge is -2.17. The van der Waals surface area contributed by atoms with Crippen LogP contribution in [0.5, 0.6) is 0 Å². The zero-order valence-corrected chi connectivity index (χ0v) is 17.4. The van der Waals surface area contributed by atoms with E-state index in [0.717, 1.165) is 22.4 Å². The number of carbonyl (C=O) groups is 1. The minimum Gasteiger partial charge on any atom is -0.390 e. The number of fused-ring (bicyclic) bond motifs is 1. The van der Waals surface area contributed by atoms with Crippen LogP contribution in [0.25, 0.3) is 0 Å². The Morgan fingerprint density at radius 1 is 0.897 bits per heavy atom. The molecule has 0 N–H and O–H groups in total. The van der Waals surface area contributed by atoms with Gasteiger partial charge in [0.25, 0.3) is 5.91 Å². The van der Waals surface area contributed by atoms with E-state index in [0.29, 0.717) is 21.6 Å². The van der Waals surface area contributed by atoms with Crippen LogP contribution in [0.15, 0.2) is 71.9 Å². The zero-order valence-electron chi connectivity index (χ0n) is 15.1. The van der Waals surface area contributed by atoms with E-state index in [1.54, 1.807) is 29.2 Å². The molecule has 1 aliphatic rings. The van der Waals surface area contributed by atoms with Crippen LogP contribution in [0.3, 0.4) is 0 Å². The first-order valence-corrected chi connectivity index (χ1v) is 9.96. The minimum atomic E-state index is -0.242. The molecule has 3 aromatic carbocycles. The van der Waals surface area contributed by atoms with Crippen LogP contribution in [-0.4, -0.2) is 11.6 Å². The second-order valence-electron chi connectivity index (χ2n) is 6.48. The molecule has 0 spiro atoms. The van der Waals surface area contributed by atoms with Crippen LogP contribution >= 0.6 is 34.8 Å². The molecule has 4 rings (SSSR count). The van der Waals surface area contributed by atoms with Crippen molar-refractivity contribution in [2.75, 3.05) is 4.90 Å². The number of carbonyl (C=O) groups excluding carboxylic acids is 1. The van der Waals surface area contributed by atoms with Crippen molar-refractivity contribution in [3.8, 4) is 0 Å². The third kappa shape index (κ3) is 4.25. The largest absolute Gasteiger partial charge is 0.390 e. The molecule has 7 heteroatoms. The molecule has 1 heterocycles. The van der Waals surface area contributed by atoms with Crippen LogP contribution in [0, 0.1) is 0 Å². The number of hydrogen-bond donors (Lipinski definition) is 0. The molecule has 0 aliphatic carbocycles. The normalized spacial score (nSPS) is 14.4. The lowest BCUT2D eigenvalue weighted by atomic mass is 10.1. The Bertz CT molecular complexity index is 1100. The van der Waals surface area contributed by atoms with E-state index in [1.807, 2.05) is 42.5 Å². The fraction of sp³-hybridized carbons (Fsp3) is 0.0909. The van der Waals surface area contributed by atoms with Crippen LogP contribution < -0.4 is 4.90 Å². The first-order chi connectivity index (χ1) is 14.0. The summed E-state index contributed by atoms with van der Waals surface area (Å²) in [4.78, 5) is 20.2. The molecule has 146 valence electrons. The Hall–Kier alpha value is -2.53. The van der Waals surface area contributed by atoms with Gasteiger partial charge in [-0.05, 0) is 41.5 Å². The highest BCUT2D eigenvalue weighted by Crippen LogP contribution is 2.32. The average molecular weight is 446 g/mol. The number of nitrogens with zero attached hydrogens (tertiary/aromatic N) is 2. The van der Waals surface area contributed by atoms with Crippen molar-refractivity contribution in [2.24, 2.45) is 5.16 Å². The van der Waals surface area contributed by atoms with Crippen molar-refractivity contribution in [1.29, 1.82) is 0 Å². The Kier molecular flexibility index (Phi) is 5.76. The summed E-state index contributed by atoms with van der Waals surface area (Å²) in [5, 5.41) is 5.83. The monoisotopic (exact) mass is 444 g/mol. The molecule has 0 aromatic heterocycles. The summed E-state index contributed by atoms with van der Waals surface area (Å²) in [6, 6.07) is 19.9. The predicted molar refractivity (Wildman–Crippen MR) is 117 cm³/mol. The molecule has 1 aliphatic heterocycles. The Morgan fingerprint density at radius 2 is 1.62 bits per heavy atom. The molecule has 0 atom stereocenters. The molecule has 1 amide bonds. The molecule has 0 radical (unpaired) electrons. The fourth-order valence-corrected chi connectivity index (χ4v) is 3.67. The molecular weight excluding hydrogens is 431 g/mol. The number of para-hydroxylation sites is 1. The van der Waals surface area contributed by atoms with Crippen LogP contribution in [0.1, 0.15) is 16.7 Å².